The van der Waals surface area contributed by atoms with E-state index in [1.54, 1.807) is 19.2 Å². The van der Waals surface area contributed by atoms with E-state index in [1.165, 1.54) is 0 Å². The predicted molar refractivity (Wildman–Crippen MR) is 67.2 cm³/mol. The number of nitrogens with zero attached hydrogens (tertiary/aromatic N) is 1. The average Bonchev–Trinajstić information content (AvgIpc) is 2.27. The number of methoxy groups -OCH3 is 1. The molecule has 0 spiro atoms. The lowest BCUT2D eigenvalue weighted by atomic mass is 10.1. The fraction of sp³-hybridized carbons (Fsp3) is 0.250. The molecular weight excluding hydrogens is 224 g/mol. The second-order valence-electron chi connectivity index (χ2n) is 3.74. The number of aryl methyl sites for hydroxylation is 1. The summed E-state index contributed by atoms with van der Waals surface area (Å²) in [6, 6.07) is 3.60. The second-order valence-corrected chi connectivity index (χ2v) is 4.15. The van der Waals surface area contributed by atoms with Crippen molar-refractivity contribution in [1.29, 1.82) is 0 Å². The summed E-state index contributed by atoms with van der Waals surface area (Å²) in [7, 11) is 1.58. The van der Waals surface area contributed by atoms with Crippen molar-refractivity contribution in [2.75, 3.05) is 12.8 Å². The van der Waals surface area contributed by atoms with Gasteiger partial charge in [0.05, 0.1) is 17.6 Å². The highest BCUT2D eigenvalue weighted by molar-refractivity contribution is 6.33. The molecule has 0 fully saturated rings. The smallest absolute Gasteiger partial charge is 0.139 e. The van der Waals surface area contributed by atoms with Gasteiger partial charge in [-0.3, -0.25) is 4.98 Å². The normalized spacial score (nSPS) is 10.8. The molecule has 16 heavy (non-hydrogen) atoms. The largest absolute Gasteiger partial charge is 0.495 e. The first kappa shape index (κ1) is 11.0. The molecule has 3 nitrogen and oxygen atoms in total. The second kappa shape index (κ2) is 3.83. The number of benzene rings is 1. The van der Waals surface area contributed by atoms with Crippen LogP contribution in [0.3, 0.4) is 0 Å². The Labute approximate surface area is 99.2 Å². The van der Waals surface area contributed by atoms with Gasteiger partial charge in [0.15, 0.2) is 0 Å². The molecule has 2 rings (SSSR count). The SMILES string of the molecule is COc1cc2nc(C)c(C)c(N)c2cc1Cl. The summed E-state index contributed by atoms with van der Waals surface area (Å²) >= 11 is 6.06. The number of nitrogens with two attached hydrogens (primary N) is 1. The van der Waals surface area contributed by atoms with Gasteiger partial charge in [-0.05, 0) is 25.5 Å². The van der Waals surface area contributed by atoms with Crippen LogP contribution in [-0.2, 0) is 0 Å². The molecule has 0 bridgehead atoms. The van der Waals surface area contributed by atoms with Crippen LogP contribution >= 0.6 is 11.6 Å². The number of hydrogen-bond donors (Lipinski definition) is 1. The molecule has 0 amide bonds. The van der Waals surface area contributed by atoms with Gasteiger partial charge in [0.25, 0.3) is 0 Å². The van der Waals surface area contributed by atoms with Crippen molar-refractivity contribution < 1.29 is 4.74 Å². The van der Waals surface area contributed by atoms with Crippen molar-refractivity contribution >= 4 is 28.2 Å². The van der Waals surface area contributed by atoms with Crippen LogP contribution in [0.5, 0.6) is 5.75 Å². The van der Waals surface area contributed by atoms with Crippen molar-refractivity contribution in [3.8, 4) is 5.75 Å². The monoisotopic (exact) mass is 236 g/mol. The molecule has 1 aromatic carbocycles. The molecule has 2 N–H and O–H groups in total. The highest BCUT2D eigenvalue weighted by Crippen LogP contribution is 2.33. The average molecular weight is 237 g/mol. The Bertz CT molecular complexity index is 567. The van der Waals surface area contributed by atoms with Crippen LogP contribution in [0, 0.1) is 13.8 Å². The van der Waals surface area contributed by atoms with E-state index in [4.69, 9.17) is 22.1 Å². The summed E-state index contributed by atoms with van der Waals surface area (Å²) in [5.41, 5.74) is 9.50. The van der Waals surface area contributed by atoms with E-state index >= 15 is 0 Å². The van der Waals surface area contributed by atoms with Gasteiger partial charge in [0.1, 0.15) is 5.75 Å². The Hall–Kier alpha value is -1.48. The van der Waals surface area contributed by atoms with E-state index in [9.17, 15) is 0 Å². The van der Waals surface area contributed by atoms with E-state index in [2.05, 4.69) is 4.98 Å². The summed E-state index contributed by atoms with van der Waals surface area (Å²) in [6.07, 6.45) is 0. The Balaban J connectivity index is 2.86. The number of fused-ring (bicyclic) bond motifs is 1. The molecule has 0 unspecified atom stereocenters. The quantitative estimate of drug-likeness (QED) is 0.828. The lowest BCUT2D eigenvalue weighted by Crippen LogP contribution is -1.98. The first-order valence-electron chi connectivity index (χ1n) is 4.94. The Kier molecular flexibility index (Phi) is 2.64. The fourth-order valence-electron chi connectivity index (χ4n) is 1.67. The van der Waals surface area contributed by atoms with Crippen molar-refractivity contribution in [1.82, 2.24) is 4.98 Å². The molecule has 0 saturated carbocycles. The van der Waals surface area contributed by atoms with E-state index in [-0.39, 0.29) is 0 Å². The zero-order chi connectivity index (χ0) is 11.9. The third kappa shape index (κ3) is 1.57. The molecule has 4 heteroatoms. The van der Waals surface area contributed by atoms with Crippen molar-refractivity contribution in [2.24, 2.45) is 0 Å². The number of pyridine rings is 1. The van der Waals surface area contributed by atoms with Crippen LogP contribution < -0.4 is 10.5 Å². The van der Waals surface area contributed by atoms with Crippen LogP contribution in [-0.4, -0.2) is 12.1 Å². The highest BCUT2D eigenvalue weighted by atomic mass is 35.5. The topological polar surface area (TPSA) is 48.1 Å². The van der Waals surface area contributed by atoms with Gasteiger partial charge in [-0.15, -0.1) is 0 Å². The van der Waals surface area contributed by atoms with Crippen LogP contribution in [0.25, 0.3) is 10.9 Å². The number of ether oxygens (including phenoxy) is 1. The molecule has 1 aromatic heterocycles. The van der Waals surface area contributed by atoms with Gasteiger partial charge in [0, 0.05) is 22.8 Å². The van der Waals surface area contributed by atoms with Gasteiger partial charge in [-0.2, -0.15) is 0 Å². The zero-order valence-electron chi connectivity index (χ0n) is 9.47. The van der Waals surface area contributed by atoms with Crippen LogP contribution in [0.4, 0.5) is 5.69 Å². The molecule has 0 aliphatic rings. The molecular formula is C12H13ClN2O. The van der Waals surface area contributed by atoms with Gasteiger partial charge < -0.3 is 10.5 Å². The Morgan fingerprint density at radius 1 is 1.31 bits per heavy atom. The minimum Gasteiger partial charge on any atom is -0.495 e. The lowest BCUT2D eigenvalue weighted by Gasteiger charge is -2.10. The Morgan fingerprint density at radius 2 is 2.00 bits per heavy atom. The molecule has 0 aliphatic carbocycles. The summed E-state index contributed by atoms with van der Waals surface area (Å²) < 4.78 is 5.15. The van der Waals surface area contributed by atoms with Crippen molar-refractivity contribution in [3.05, 3.63) is 28.4 Å². The maximum absolute atomic E-state index is 6.06. The molecule has 0 radical (unpaired) electrons. The first-order valence-corrected chi connectivity index (χ1v) is 5.32. The number of halogens is 1. The van der Waals surface area contributed by atoms with Crippen LogP contribution in [0.1, 0.15) is 11.3 Å². The molecule has 0 saturated heterocycles. The van der Waals surface area contributed by atoms with E-state index in [1.807, 2.05) is 13.8 Å². The number of aromatic nitrogens is 1. The molecule has 1 heterocycles. The number of rotatable bonds is 1. The molecule has 2 aromatic rings. The highest BCUT2D eigenvalue weighted by Gasteiger charge is 2.10. The summed E-state index contributed by atoms with van der Waals surface area (Å²) in [5, 5.41) is 1.42. The Morgan fingerprint density at radius 3 is 2.62 bits per heavy atom. The predicted octanol–water partition coefficient (Wildman–Crippen LogP) is 3.10. The third-order valence-corrected chi connectivity index (χ3v) is 3.09. The van der Waals surface area contributed by atoms with Gasteiger partial charge in [-0.1, -0.05) is 11.6 Å². The lowest BCUT2D eigenvalue weighted by molar-refractivity contribution is 0.415. The van der Waals surface area contributed by atoms with E-state index < -0.39 is 0 Å². The minimum atomic E-state index is 0.548. The molecule has 0 aliphatic heterocycles. The maximum atomic E-state index is 6.06. The first-order chi connectivity index (χ1) is 7.54. The van der Waals surface area contributed by atoms with Crippen molar-refractivity contribution in [2.45, 2.75) is 13.8 Å². The van der Waals surface area contributed by atoms with Gasteiger partial charge >= 0.3 is 0 Å². The summed E-state index contributed by atoms with van der Waals surface area (Å²) in [4.78, 5) is 4.47. The van der Waals surface area contributed by atoms with Crippen molar-refractivity contribution in [3.63, 3.8) is 0 Å². The van der Waals surface area contributed by atoms with Crippen LogP contribution in [0.2, 0.25) is 5.02 Å². The summed E-state index contributed by atoms with van der Waals surface area (Å²) in [5.74, 6) is 0.615. The van der Waals surface area contributed by atoms with Gasteiger partial charge in [0.2, 0.25) is 0 Å². The third-order valence-electron chi connectivity index (χ3n) is 2.80. The number of nitrogen functional groups attached to an aromatic ring is 1. The number of hydrogen-bond acceptors (Lipinski definition) is 3. The number of anilines is 1. The van der Waals surface area contributed by atoms with E-state index in [0.717, 1.165) is 27.8 Å². The van der Waals surface area contributed by atoms with Crippen LogP contribution in [0.15, 0.2) is 12.1 Å². The molecule has 0 atom stereocenters. The minimum absolute atomic E-state index is 0.548. The standard InChI is InChI=1S/C12H13ClN2O/c1-6-7(2)15-10-5-11(16-3)9(13)4-8(10)12(6)14/h4-5H,1-3H3,(H2,14,15). The zero-order valence-corrected chi connectivity index (χ0v) is 10.2. The summed E-state index contributed by atoms with van der Waals surface area (Å²) in [6.45, 7) is 3.89. The fourth-order valence-corrected chi connectivity index (χ4v) is 1.91. The van der Waals surface area contributed by atoms with E-state index in [0.29, 0.717) is 10.8 Å². The van der Waals surface area contributed by atoms with Gasteiger partial charge in [-0.25, -0.2) is 0 Å². The molecule has 84 valence electrons. The maximum Gasteiger partial charge on any atom is 0.139 e.